The van der Waals surface area contributed by atoms with Gasteiger partial charge in [0, 0.05) is 34.4 Å². The molecule has 0 saturated carbocycles. The van der Waals surface area contributed by atoms with E-state index in [4.69, 9.17) is 15.0 Å². The summed E-state index contributed by atoms with van der Waals surface area (Å²) < 4.78 is 42.9. The molecule has 1 unspecified atom stereocenters. The molecule has 2 N–H and O–H groups in total. The molecular weight excluding hydrogens is 414 g/mol. The van der Waals surface area contributed by atoms with Crippen molar-refractivity contribution in [3.05, 3.63) is 83.4 Å². The fourth-order valence-electron chi connectivity index (χ4n) is 4.40. The Labute approximate surface area is 200 Å². The maximum Gasteiger partial charge on any atom is 0.150 e. The van der Waals surface area contributed by atoms with Gasteiger partial charge in [-0.05, 0) is 73.0 Å². The highest BCUT2D eigenvalue weighted by Gasteiger charge is 2.30. The van der Waals surface area contributed by atoms with Crippen LogP contribution in [0.25, 0.3) is 11.1 Å². The number of hydrogen-bond acceptors (Lipinski definition) is 5. The minimum atomic E-state index is -1.97. The summed E-state index contributed by atoms with van der Waals surface area (Å²) in [4.78, 5) is 1.91. The number of ether oxygens (including phenoxy) is 2. The van der Waals surface area contributed by atoms with E-state index in [0.29, 0.717) is 31.1 Å². The van der Waals surface area contributed by atoms with Crippen LogP contribution >= 0.6 is 0 Å². The smallest absolute Gasteiger partial charge is 0.150 e. The molecule has 0 amide bonds. The lowest BCUT2D eigenvalue weighted by atomic mass is 9.86. The second-order valence-corrected chi connectivity index (χ2v) is 8.43. The molecule has 33 heavy (non-hydrogen) atoms. The molecule has 5 heteroatoms. The molecular formula is C28H29NO4. The van der Waals surface area contributed by atoms with E-state index in [1.807, 2.05) is 54.3 Å². The van der Waals surface area contributed by atoms with Gasteiger partial charge in [-0.25, -0.2) is 0 Å². The Bertz CT molecular complexity index is 1310. The van der Waals surface area contributed by atoms with Crippen molar-refractivity contribution in [3.8, 4) is 23.0 Å². The van der Waals surface area contributed by atoms with E-state index in [-0.39, 0.29) is 17.9 Å². The number of phenolic OH excluding ortho intramolecular Hbond substituents is 2. The molecule has 1 fully saturated rings. The number of phenols is 2. The Balaban J connectivity index is 1.37. The largest absolute Gasteiger partial charge is 0.508 e. The van der Waals surface area contributed by atoms with E-state index >= 15 is 0 Å². The summed E-state index contributed by atoms with van der Waals surface area (Å²) in [6, 6.07) is 19.5. The van der Waals surface area contributed by atoms with Gasteiger partial charge in [0.1, 0.15) is 35.2 Å². The normalized spacial score (nSPS) is 21.5. The maximum absolute atomic E-state index is 10.0. The lowest BCUT2D eigenvalue weighted by Crippen LogP contribution is -2.53. The topological polar surface area (TPSA) is 62.2 Å². The van der Waals surface area contributed by atoms with Gasteiger partial charge < -0.3 is 19.7 Å². The molecule has 5 rings (SSSR count). The van der Waals surface area contributed by atoms with Crippen molar-refractivity contribution >= 4 is 11.1 Å². The minimum absolute atomic E-state index is 0.0936. The van der Waals surface area contributed by atoms with Crippen molar-refractivity contribution in [2.45, 2.75) is 32.4 Å². The number of rotatable bonds is 6. The third-order valence-electron chi connectivity index (χ3n) is 6.13. The van der Waals surface area contributed by atoms with Crippen molar-refractivity contribution in [2.24, 2.45) is 0 Å². The summed E-state index contributed by atoms with van der Waals surface area (Å²) in [5.41, 5.74) is 4.63. The highest BCUT2D eigenvalue weighted by Crippen LogP contribution is 2.47. The highest BCUT2D eigenvalue weighted by molar-refractivity contribution is 5.95. The summed E-state index contributed by atoms with van der Waals surface area (Å²) in [6.45, 7) is 1.17. The second-order valence-electron chi connectivity index (χ2n) is 8.43. The average molecular weight is 448 g/mol. The van der Waals surface area contributed by atoms with Crippen molar-refractivity contribution < 1.29 is 25.2 Å². The molecule has 1 atom stereocenters. The van der Waals surface area contributed by atoms with Gasteiger partial charge in [-0.15, -0.1) is 0 Å². The molecule has 1 saturated heterocycles. The number of aromatic hydroxyl groups is 2. The fraction of sp³-hybridized carbons (Fsp3) is 0.286. The molecule has 2 aliphatic heterocycles. The van der Waals surface area contributed by atoms with Crippen LogP contribution in [0.2, 0.25) is 0 Å². The van der Waals surface area contributed by atoms with Gasteiger partial charge in [-0.3, -0.25) is 4.90 Å². The first-order valence-corrected chi connectivity index (χ1v) is 11.0. The van der Waals surface area contributed by atoms with E-state index in [0.717, 1.165) is 27.8 Å². The number of allylic oxidation sites excluding steroid dienone is 1. The molecule has 2 aliphatic rings. The molecule has 5 nitrogen and oxygen atoms in total. The van der Waals surface area contributed by atoms with E-state index in [2.05, 4.69) is 0 Å². The summed E-state index contributed by atoms with van der Waals surface area (Å²) >= 11 is 0. The van der Waals surface area contributed by atoms with Crippen LogP contribution in [0.5, 0.6) is 23.0 Å². The zero-order valence-electron chi connectivity index (χ0n) is 22.4. The molecule has 2 heterocycles. The van der Waals surface area contributed by atoms with Crippen LogP contribution in [0, 0.1) is 0 Å². The first kappa shape index (κ1) is 17.1. The SMILES string of the molecule is [2H]C([2H])([2H])CCN1CC([2H])(Oc2ccc(C3Oc4cc(O)ccc4C(C)=C3c3ccc(O)cc3)cc2)C1. The average Bonchev–Trinajstić information content (AvgIpc) is 2.82. The van der Waals surface area contributed by atoms with Crippen molar-refractivity contribution in [3.63, 3.8) is 0 Å². The first-order chi connectivity index (χ1) is 17.5. The fourth-order valence-corrected chi connectivity index (χ4v) is 4.40. The minimum Gasteiger partial charge on any atom is -0.508 e. The third-order valence-corrected chi connectivity index (χ3v) is 6.13. The Kier molecular flexibility index (Phi) is 4.57. The van der Waals surface area contributed by atoms with Crippen LogP contribution in [0.15, 0.2) is 66.7 Å². The summed E-state index contributed by atoms with van der Waals surface area (Å²) in [6.07, 6.45) is -1.48. The van der Waals surface area contributed by atoms with Crippen molar-refractivity contribution in [2.75, 3.05) is 19.6 Å². The van der Waals surface area contributed by atoms with Crippen LogP contribution < -0.4 is 9.47 Å². The number of nitrogens with zero attached hydrogens (tertiary/aromatic N) is 1. The number of hydrogen-bond donors (Lipinski definition) is 2. The molecule has 0 spiro atoms. The molecule has 3 aromatic carbocycles. The molecule has 0 radical (unpaired) electrons. The standard InChI is InChI=1S/C28H29NO4/c1-3-14-29-16-24(17-29)32-23-11-6-20(7-12-23)28-27(19-4-8-21(30)9-5-19)18(2)25-13-10-22(31)15-26(25)33-28/h4-13,15,24,28,30-31H,3,14,16-17H2,1-2H3/i1D3,24D. The van der Waals surface area contributed by atoms with Gasteiger partial charge in [0.2, 0.25) is 0 Å². The number of fused-ring (bicyclic) bond motifs is 1. The van der Waals surface area contributed by atoms with Crippen LogP contribution in [0.1, 0.15) is 48.5 Å². The summed E-state index contributed by atoms with van der Waals surface area (Å²) in [5, 5.41) is 19.8. The zero-order chi connectivity index (χ0) is 26.4. The lowest BCUT2D eigenvalue weighted by molar-refractivity contribution is 0.0202. The monoisotopic (exact) mass is 447 g/mol. The summed E-state index contributed by atoms with van der Waals surface area (Å²) in [5.74, 6) is 1.44. The van der Waals surface area contributed by atoms with E-state index in [1.54, 1.807) is 24.3 Å². The van der Waals surface area contributed by atoms with Crippen molar-refractivity contribution in [1.29, 1.82) is 0 Å². The Morgan fingerprint density at radius 2 is 1.76 bits per heavy atom. The van der Waals surface area contributed by atoms with Gasteiger partial charge in [-0.2, -0.15) is 0 Å². The lowest BCUT2D eigenvalue weighted by Gasteiger charge is -2.38. The second kappa shape index (κ2) is 8.83. The van der Waals surface area contributed by atoms with Gasteiger partial charge >= 0.3 is 0 Å². The van der Waals surface area contributed by atoms with E-state index in [1.165, 1.54) is 0 Å². The van der Waals surface area contributed by atoms with Crippen LogP contribution in [-0.2, 0) is 0 Å². The molecule has 0 aliphatic carbocycles. The Morgan fingerprint density at radius 1 is 1.03 bits per heavy atom. The van der Waals surface area contributed by atoms with E-state index < -0.39 is 19.0 Å². The third kappa shape index (κ3) is 4.29. The van der Waals surface area contributed by atoms with Gasteiger partial charge in [-0.1, -0.05) is 31.1 Å². The van der Waals surface area contributed by atoms with Gasteiger partial charge in [0.05, 0.1) is 1.37 Å². The molecule has 3 aromatic rings. The molecule has 0 bridgehead atoms. The molecule has 0 aromatic heterocycles. The zero-order valence-corrected chi connectivity index (χ0v) is 18.4. The van der Waals surface area contributed by atoms with Crippen LogP contribution in [-0.4, -0.2) is 40.8 Å². The van der Waals surface area contributed by atoms with Crippen molar-refractivity contribution in [1.82, 2.24) is 4.90 Å². The predicted octanol–water partition coefficient (Wildman–Crippen LogP) is 5.64. The predicted molar refractivity (Wildman–Crippen MR) is 130 cm³/mol. The van der Waals surface area contributed by atoms with Gasteiger partial charge in [0.25, 0.3) is 0 Å². The number of benzene rings is 3. The first-order valence-electron chi connectivity index (χ1n) is 13.0. The Morgan fingerprint density at radius 3 is 2.48 bits per heavy atom. The maximum atomic E-state index is 10.0. The van der Waals surface area contributed by atoms with Crippen LogP contribution in [0.3, 0.4) is 0 Å². The molecule has 170 valence electrons. The quantitative estimate of drug-likeness (QED) is 0.512. The number of likely N-dealkylation sites (tertiary alicyclic amines) is 1. The highest BCUT2D eigenvalue weighted by atomic mass is 16.5. The van der Waals surface area contributed by atoms with Crippen LogP contribution in [0.4, 0.5) is 0 Å². The van der Waals surface area contributed by atoms with Gasteiger partial charge in [0.15, 0.2) is 0 Å². The van der Waals surface area contributed by atoms with E-state index in [9.17, 15) is 10.2 Å². The summed E-state index contributed by atoms with van der Waals surface area (Å²) in [7, 11) is 0. The Hall–Kier alpha value is -3.44.